The van der Waals surface area contributed by atoms with Crippen molar-refractivity contribution in [3.05, 3.63) is 94.5 Å². The molecule has 1 amide bonds. The zero-order valence-corrected chi connectivity index (χ0v) is 16.0. The minimum absolute atomic E-state index is 0.0997. The van der Waals surface area contributed by atoms with Crippen LogP contribution in [0, 0.1) is 0 Å². The van der Waals surface area contributed by atoms with E-state index < -0.39 is 0 Å². The molecule has 3 rings (SSSR count). The van der Waals surface area contributed by atoms with Crippen molar-refractivity contribution in [2.75, 3.05) is 12.4 Å². The molecule has 0 bridgehead atoms. The van der Waals surface area contributed by atoms with E-state index in [0.29, 0.717) is 10.6 Å². The first-order valence-corrected chi connectivity index (χ1v) is 9.31. The molecule has 1 N–H and O–H groups in total. The van der Waals surface area contributed by atoms with Crippen molar-refractivity contribution < 1.29 is 9.53 Å². The number of halogens is 1. The number of nitrogens with one attached hydrogen (secondary N) is 1. The van der Waals surface area contributed by atoms with Gasteiger partial charge in [-0.05, 0) is 72.9 Å². The molecular weight excluding hydrogens is 358 g/mol. The summed E-state index contributed by atoms with van der Waals surface area (Å²) in [4.78, 5) is 12.7. The number of ether oxygens (including phenoxy) is 1. The van der Waals surface area contributed by atoms with Gasteiger partial charge in [-0.3, -0.25) is 4.79 Å². The van der Waals surface area contributed by atoms with Crippen LogP contribution in [-0.4, -0.2) is 13.0 Å². The molecule has 0 aliphatic carbocycles. The Labute approximate surface area is 164 Å². The summed E-state index contributed by atoms with van der Waals surface area (Å²) < 4.78 is 5.19. The van der Waals surface area contributed by atoms with Gasteiger partial charge >= 0.3 is 0 Å². The molecule has 3 nitrogen and oxygen atoms in total. The monoisotopic (exact) mass is 379 g/mol. The maximum absolute atomic E-state index is 12.7. The summed E-state index contributed by atoms with van der Waals surface area (Å²) in [6.07, 6.45) is 2.77. The molecule has 0 aliphatic heterocycles. The molecule has 0 radical (unpaired) electrons. The second-order valence-electron chi connectivity index (χ2n) is 6.32. The molecule has 4 heteroatoms. The third-order valence-corrected chi connectivity index (χ3v) is 4.69. The van der Waals surface area contributed by atoms with Crippen molar-refractivity contribution in [2.45, 2.75) is 19.3 Å². The largest absolute Gasteiger partial charge is 0.497 e. The van der Waals surface area contributed by atoms with Gasteiger partial charge in [0.1, 0.15) is 5.75 Å². The molecule has 3 aromatic rings. The Balaban J connectivity index is 1.62. The number of methoxy groups -OCH3 is 1. The van der Waals surface area contributed by atoms with E-state index in [1.54, 1.807) is 31.4 Å². The highest BCUT2D eigenvalue weighted by atomic mass is 35.5. The number of benzene rings is 3. The molecule has 0 aromatic heterocycles. The summed E-state index contributed by atoms with van der Waals surface area (Å²) in [7, 11) is 1.67. The zero-order chi connectivity index (χ0) is 19.1. The number of rotatable bonds is 7. The first kappa shape index (κ1) is 19.0. The number of anilines is 1. The summed E-state index contributed by atoms with van der Waals surface area (Å²) in [5.74, 6) is 0.764. The van der Waals surface area contributed by atoms with Gasteiger partial charge in [-0.25, -0.2) is 0 Å². The van der Waals surface area contributed by atoms with Crippen LogP contribution in [0.2, 0.25) is 5.02 Å². The number of hydrogen-bond donors (Lipinski definition) is 1. The number of carbonyl (C=O) groups is 1. The lowest BCUT2D eigenvalue weighted by Gasteiger charge is -2.11. The van der Waals surface area contributed by atoms with Gasteiger partial charge in [-0.15, -0.1) is 0 Å². The third kappa shape index (κ3) is 5.35. The zero-order valence-electron chi connectivity index (χ0n) is 15.2. The van der Waals surface area contributed by atoms with Crippen LogP contribution in [0.1, 0.15) is 27.9 Å². The van der Waals surface area contributed by atoms with E-state index in [0.717, 1.165) is 36.3 Å². The van der Waals surface area contributed by atoms with Crippen LogP contribution in [0.5, 0.6) is 5.75 Å². The van der Waals surface area contributed by atoms with E-state index >= 15 is 0 Å². The summed E-state index contributed by atoms with van der Waals surface area (Å²) >= 11 is 5.90. The summed E-state index contributed by atoms with van der Waals surface area (Å²) in [5, 5.41) is 3.58. The minimum atomic E-state index is -0.0997. The molecule has 0 unspecified atom stereocenters. The lowest BCUT2D eigenvalue weighted by molar-refractivity contribution is 0.102. The van der Waals surface area contributed by atoms with Crippen molar-refractivity contribution in [1.29, 1.82) is 0 Å². The van der Waals surface area contributed by atoms with Crippen molar-refractivity contribution >= 4 is 23.2 Å². The van der Waals surface area contributed by atoms with Crippen LogP contribution in [0.15, 0.2) is 72.8 Å². The van der Waals surface area contributed by atoms with Crippen LogP contribution in [0.25, 0.3) is 0 Å². The fourth-order valence-electron chi connectivity index (χ4n) is 2.97. The lowest BCUT2D eigenvalue weighted by Crippen LogP contribution is -2.14. The van der Waals surface area contributed by atoms with Crippen LogP contribution in [0.4, 0.5) is 5.69 Å². The molecule has 27 heavy (non-hydrogen) atoms. The average Bonchev–Trinajstić information content (AvgIpc) is 2.70. The Hall–Kier alpha value is -2.78. The first-order valence-electron chi connectivity index (χ1n) is 8.93. The Bertz CT molecular complexity index is 889. The van der Waals surface area contributed by atoms with E-state index in [-0.39, 0.29) is 5.91 Å². The molecule has 0 saturated heterocycles. The number of amides is 1. The van der Waals surface area contributed by atoms with E-state index in [2.05, 4.69) is 17.4 Å². The van der Waals surface area contributed by atoms with Gasteiger partial charge in [0.25, 0.3) is 5.91 Å². The molecule has 0 heterocycles. The minimum Gasteiger partial charge on any atom is -0.497 e. The Morgan fingerprint density at radius 3 is 2.33 bits per heavy atom. The number of aryl methyl sites for hydroxylation is 2. The number of hydrogen-bond acceptors (Lipinski definition) is 2. The van der Waals surface area contributed by atoms with Crippen molar-refractivity contribution in [3.63, 3.8) is 0 Å². The summed E-state index contributed by atoms with van der Waals surface area (Å²) in [5.41, 5.74) is 3.76. The quantitative estimate of drug-likeness (QED) is 0.565. The van der Waals surface area contributed by atoms with Gasteiger partial charge in [0.05, 0.1) is 7.11 Å². The molecule has 0 fully saturated rings. The lowest BCUT2D eigenvalue weighted by atomic mass is 9.99. The number of carbonyl (C=O) groups excluding carboxylic acids is 1. The highest BCUT2D eigenvalue weighted by molar-refractivity contribution is 6.30. The van der Waals surface area contributed by atoms with E-state index in [4.69, 9.17) is 16.3 Å². The van der Waals surface area contributed by atoms with Gasteiger partial charge in [0.15, 0.2) is 0 Å². The molecule has 0 atom stereocenters. The second kappa shape index (κ2) is 9.24. The highest BCUT2D eigenvalue weighted by Crippen LogP contribution is 2.18. The van der Waals surface area contributed by atoms with Crippen molar-refractivity contribution in [1.82, 2.24) is 0 Å². The van der Waals surface area contributed by atoms with Crippen LogP contribution < -0.4 is 10.1 Å². The standard InChI is InChI=1S/C23H22ClNO2/c1-27-21-15-9-17(10-16-21)5-4-7-18-6-2-3-8-22(18)23(26)25-20-13-11-19(24)12-14-20/h2-3,6,8-16H,4-5,7H2,1H3,(H,25,26). The summed E-state index contributed by atoms with van der Waals surface area (Å²) in [6, 6.07) is 23.0. The van der Waals surface area contributed by atoms with Crippen LogP contribution >= 0.6 is 11.6 Å². The van der Waals surface area contributed by atoms with E-state index in [1.165, 1.54) is 5.56 Å². The Morgan fingerprint density at radius 1 is 0.926 bits per heavy atom. The fraction of sp³-hybridized carbons (Fsp3) is 0.174. The molecule has 3 aromatic carbocycles. The van der Waals surface area contributed by atoms with Crippen LogP contribution in [-0.2, 0) is 12.8 Å². The molecule has 0 aliphatic rings. The van der Waals surface area contributed by atoms with Crippen molar-refractivity contribution in [2.24, 2.45) is 0 Å². The highest BCUT2D eigenvalue weighted by Gasteiger charge is 2.11. The SMILES string of the molecule is COc1ccc(CCCc2ccccc2C(=O)Nc2ccc(Cl)cc2)cc1. The van der Waals surface area contributed by atoms with Gasteiger partial charge in [0.2, 0.25) is 0 Å². The maximum atomic E-state index is 12.7. The van der Waals surface area contributed by atoms with Crippen LogP contribution in [0.3, 0.4) is 0 Å². The Kier molecular flexibility index (Phi) is 6.50. The molecule has 138 valence electrons. The normalized spacial score (nSPS) is 10.4. The van der Waals surface area contributed by atoms with Crippen molar-refractivity contribution in [3.8, 4) is 5.75 Å². The van der Waals surface area contributed by atoms with E-state index in [9.17, 15) is 4.79 Å². The fourth-order valence-corrected chi connectivity index (χ4v) is 3.09. The topological polar surface area (TPSA) is 38.3 Å². The van der Waals surface area contributed by atoms with Gasteiger partial charge in [0, 0.05) is 16.3 Å². The third-order valence-electron chi connectivity index (χ3n) is 4.43. The predicted molar refractivity (Wildman–Crippen MR) is 111 cm³/mol. The Morgan fingerprint density at radius 2 is 1.63 bits per heavy atom. The predicted octanol–water partition coefficient (Wildman–Crippen LogP) is 5.78. The van der Waals surface area contributed by atoms with Gasteiger partial charge in [-0.1, -0.05) is 41.9 Å². The van der Waals surface area contributed by atoms with Gasteiger partial charge in [-0.2, -0.15) is 0 Å². The first-order chi connectivity index (χ1) is 13.2. The molecule has 0 spiro atoms. The van der Waals surface area contributed by atoms with E-state index in [1.807, 2.05) is 36.4 Å². The maximum Gasteiger partial charge on any atom is 0.255 e. The summed E-state index contributed by atoms with van der Waals surface area (Å²) in [6.45, 7) is 0. The van der Waals surface area contributed by atoms with Gasteiger partial charge < -0.3 is 10.1 Å². The molecular formula is C23H22ClNO2. The average molecular weight is 380 g/mol. The molecule has 0 saturated carbocycles. The smallest absolute Gasteiger partial charge is 0.255 e. The second-order valence-corrected chi connectivity index (χ2v) is 6.76.